The first kappa shape index (κ1) is 11.6. The van der Waals surface area contributed by atoms with Gasteiger partial charge in [-0.15, -0.1) is 5.10 Å². The third-order valence-electron chi connectivity index (χ3n) is 2.22. The summed E-state index contributed by atoms with van der Waals surface area (Å²) in [5.41, 5.74) is 0.713. The molecule has 0 unspecified atom stereocenters. The van der Waals surface area contributed by atoms with Crippen molar-refractivity contribution in [3.8, 4) is 17.1 Å². The molecular weight excluding hydrogens is 240 g/mol. The van der Waals surface area contributed by atoms with E-state index in [9.17, 15) is 0 Å². The summed E-state index contributed by atoms with van der Waals surface area (Å²) in [6.07, 6.45) is 1.54. The first-order chi connectivity index (χ1) is 8.24. The van der Waals surface area contributed by atoms with Crippen LogP contribution in [-0.4, -0.2) is 29.3 Å². The van der Waals surface area contributed by atoms with Gasteiger partial charge in [0, 0.05) is 12.1 Å². The lowest BCUT2D eigenvalue weighted by atomic mass is 10.2. The molecule has 0 aliphatic heterocycles. The molecule has 0 radical (unpaired) electrons. The number of halogens is 1. The molecule has 5 nitrogen and oxygen atoms in total. The SMILES string of the molecule is CNc1cnnc(-c2cc(Cl)ccc2OC)n1. The molecule has 88 valence electrons. The molecule has 2 aromatic rings. The maximum atomic E-state index is 5.95. The van der Waals surface area contributed by atoms with Crippen LogP contribution in [0.5, 0.6) is 5.75 Å². The Balaban J connectivity index is 2.54. The van der Waals surface area contributed by atoms with Crippen LogP contribution in [0.2, 0.25) is 5.02 Å². The first-order valence-corrected chi connectivity index (χ1v) is 5.34. The topological polar surface area (TPSA) is 59.9 Å². The summed E-state index contributed by atoms with van der Waals surface area (Å²) < 4.78 is 5.24. The highest BCUT2D eigenvalue weighted by atomic mass is 35.5. The molecule has 0 aliphatic rings. The zero-order valence-electron chi connectivity index (χ0n) is 9.44. The molecule has 1 aromatic carbocycles. The second-order valence-electron chi connectivity index (χ2n) is 3.26. The predicted molar refractivity (Wildman–Crippen MR) is 66.4 cm³/mol. The molecule has 1 N–H and O–H groups in total. The average molecular weight is 251 g/mol. The summed E-state index contributed by atoms with van der Waals surface area (Å²) in [5.74, 6) is 1.76. The van der Waals surface area contributed by atoms with Crippen LogP contribution in [0.1, 0.15) is 0 Å². The molecule has 0 spiro atoms. The molecular formula is C11H11ClN4O. The molecule has 0 saturated heterocycles. The Hall–Kier alpha value is -1.88. The summed E-state index contributed by atoms with van der Waals surface area (Å²) in [6, 6.07) is 5.27. The Morgan fingerprint density at radius 2 is 2.18 bits per heavy atom. The number of anilines is 1. The van der Waals surface area contributed by atoms with Gasteiger partial charge < -0.3 is 10.1 Å². The van der Waals surface area contributed by atoms with Crippen molar-refractivity contribution in [2.24, 2.45) is 0 Å². The minimum absolute atomic E-state index is 0.469. The van der Waals surface area contributed by atoms with Crippen molar-refractivity contribution in [2.45, 2.75) is 0 Å². The maximum absolute atomic E-state index is 5.95. The van der Waals surface area contributed by atoms with Gasteiger partial charge in [-0.2, -0.15) is 5.10 Å². The van der Waals surface area contributed by atoms with Gasteiger partial charge in [-0.05, 0) is 18.2 Å². The number of ether oxygens (including phenoxy) is 1. The average Bonchev–Trinajstić information content (AvgIpc) is 2.39. The van der Waals surface area contributed by atoms with Crippen LogP contribution in [0.4, 0.5) is 5.82 Å². The molecule has 2 rings (SSSR count). The van der Waals surface area contributed by atoms with Gasteiger partial charge in [0.05, 0.1) is 18.9 Å². The number of hydrogen-bond donors (Lipinski definition) is 1. The molecule has 0 saturated carbocycles. The summed E-state index contributed by atoms with van der Waals surface area (Å²) in [7, 11) is 3.35. The van der Waals surface area contributed by atoms with E-state index in [1.807, 2.05) is 0 Å². The predicted octanol–water partition coefficient (Wildman–Crippen LogP) is 2.24. The monoisotopic (exact) mass is 250 g/mol. The number of nitrogens with one attached hydrogen (secondary N) is 1. The lowest BCUT2D eigenvalue weighted by Crippen LogP contribution is -1.99. The second kappa shape index (κ2) is 4.97. The van der Waals surface area contributed by atoms with E-state index in [2.05, 4.69) is 20.5 Å². The number of aromatic nitrogens is 3. The third-order valence-corrected chi connectivity index (χ3v) is 2.45. The lowest BCUT2D eigenvalue weighted by Gasteiger charge is -2.07. The van der Waals surface area contributed by atoms with Gasteiger partial charge in [-0.25, -0.2) is 4.98 Å². The fourth-order valence-electron chi connectivity index (χ4n) is 1.39. The molecule has 0 amide bonds. The van der Waals surface area contributed by atoms with Crippen molar-refractivity contribution in [3.05, 3.63) is 29.4 Å². The van der Waals surface area contributed by atoms with E-state index in [1.165, 1.54) is 0 Å². The number of nitrogens with zero attached hydrogens (tertiary/aromatic N) is 3. The van der Waals surface area contributed by atoms with Crippen molar-refractivity contribution >= 4 is 17.4 Å². The number of rotatable bonds is 3. The van der Waals surface area contributed by atoms with E-state index in [0.717, 1.165) is 0 Å². The van der Waals surface area contributed by atoms with E-state index in [4.69, 9.17) is 16.3 Å². The van der Waals surface area contributed by atoms with E-state index in [0.29, 0.717) is 28.0 Å². The van der Waals surface area contributed by atoms with E-state index >= 15 is 0 Å². The molecule has 1 aromatic heterocycles. The molecule has 0 atom stereocenters. The van der Waals surface area contributed by atoms with Gasteiger partial charge in [-0.1, -0.05) is 11.6 Å². The molecule has 1 heterocycles. The summed E-state index contributed by atoms with van der Waals surface area (Å²) in [6.45, 7) is 0. The molecule has 6 heteroatoms. The normalized spacial score (nSPS) is 10.1. The van der Waals surface area contributed by atoms with E-state index in [-0.39, 0.29) is 0 Å². The fourth-order valence-corrected chi connectivity index (χ4v) is 1.57. The Bertz CT molecular complexity index is 533. The Morgan fingerprint density at radius 1 is 1.35 bits per heavy atom. The number of benzene rings is 1. The van der Waals surface area contributed by atoms with Crippen molar-refractivity contribution in [1.82, 2.24) is 15.2 Å². The van der Waals surface area contributed by atoms with Crippen molar-refractivity contribution < 1.29 is 4.74 Å². The van der Waals surface area contributed by atoms with Gasteiger partial charge in [0.2, 0.25) is 0 Å². The highest BCUT2D eigenvalue weighted by Gasteiger charge is 2.10. The molecule has 0 aliphatic carbocycles. The van der Waals surface area contributed by atoms with Crippen LogP contribution in [0, 0.1) is 0 Å². The van der Waals surface area contributed by atoms with Crippen molar-refractivity contribution in [3.63, 3.8) is 0 Å². The first-order valence-electron chi connectivity index (χ1n) is 4.96. The van der Waals surface area contributed by atoms with Gasteiger partial charge in [0.25, 0.3) is 0 Å². The van der Waals surface area contributed by atoms with Crippen molar-refractivity contribution in [2.75, 3.05) is 19.5 Å². The van der Waals surface area contributed by atoms with Crippen LogP contribution in [-0.2, 0) is 0 Å². The zero-order valence-corrected chi connectivity index (χ0v) is 10.2. The van der Waals surface area contributed by atoms with Crippen LogP contribution in [0.3, 0.4) is 0 Å². The molecule has 0 bridgehead atoms. The quantitative estimate of drug-likeness (QED) is 0.905. The van der Waals surface area contributed by atoms with Gasteiger partial charge in [0.15, 0.2) is 5.82 Å². The van der Waals surface area contributed by atoms with Gasteiger partial charge >= 0.3 is 0 Å². The lowest BCUT2D eigenvalue weighted by molar-refractivity contribution is 0.416. The molecule has 17 heavy (non-hydrogen) atoms. The Morgan fingerprint density at radius 3 is 2.88 bits per heavy atom. The van der Waals surface area contributed by atoms with Crippen LogP contribution in [0.15, 0.2) is 24.4 Å². The van der Waals surface area contributed by atoms with E-state index < -0.39 is 0 Å². The van der Waals surface area contributed by atoms with Crippen LogP contribution >= 0.6 is 11.6 Å². The highest BCUT2D eigenvalue weighted by Crippen LogP contribution is 2.30. The largest absolute Gasteiger partial charge is 0.496 e. The van der Waals surface area contributed by atoms with Gasteiger partial charge in [-0.3, -0.25) is 0 Å². The number of methoxy groups -OCH3 is 1. The minimum atomic E-state index is 0.469. The smallest absolute Gasteiger partial charge is 0.187 e. The third kappa shape index (κ3) is 2.45. The Labute approximate surface area is 104 Å². The van der Waals surface area contributed by atoms with Crippen molar-refractivity contribution in [1.29, 1.82) is 0 Å². The second-order valence-corrected chi connectivity index (χ2v) is 3.70. The van der Waals surface area contributed by atoms with Crippen LogP contribution < -0.4 is 10.1 Å². The highest BCUT2D eigenvalue weighted by molar-refractivity contribution is 6.30. The van der Waals surface area contributed by atoms with E-state index in [1.54, 1.807) is 38.6 Å². The summed E-state index contributed by atoms with van der Waals surface area (Å²) >= 11 is 5.95. The maximum Gasteiger partial charge on any atom is 0.187 e. The fraction of sp³-hybridized carbons (Fsp3) is 0.182. The summed E-state index contributed by atoms with van der Waals surface area (Å²) in [4.78, 5) is 4.29. The van der Waals surface area contributed by atoms with Crippen LogP contribution in [0.25, 0.3) is 11.4 Å². The Kier molecular flexibility index (Phi) is 3.39. The summed E-state index contributed by atoms with van der Waals surface area (Å²) in [5, 5.41) is 11.3. The standard InChI is InChI=1S/C11H11ClN4O/c1-13-10-6-14-16-11(15-10)8-5-7(12)3-4-9(8)17-2/h3-6H,1-2H3,(H,13,15,16). The number of hydrogen-bond acceptors (Lipinski definition) is 5. The zero-order chi connectivity index (χ0) is 12.3. The minimum Gasteiger partial charge on any atom is -0.496 e. The molecule has 0 fully saturated rings. The van der Waals surface area contributed by atoms with Gasteiger partial charge in [0.1, 0.15) is 11.6 Å².